The summed E-state index contributed by atoms with van der Waals surface area (Å²) in [6.45, 7) is 0.414. The number of imidazole rings is 1. The minimum Gasteiger partial charge on any atom is -0.467 e. The summed E-state index contributed by atoms with van der Waals surface area (Å²) in [6, 6.07) is 13.3. The van der Waals surface area contributed by atoms with E-state index >= 15 is 0 Å². The molecule has 3 aromatic rings. The van der Waals surface area contributed by atoms with Gasteiger partial charge in [-0.15, -0.1) is 0 Å². The summed E-state index contributed by atoms with van der Waals surface area (Å²) in [4.78, 5) is 18.7. The Morgan fingerprint density at radius 1 is 1.26 bits per heavy atom. The fourth-order valence-electron chi connectivity index (χ4n) is 2.18. The molecule has 1 amide bonds. The van der Waals surface area contributed by atoms with E-state index in [1.54, 1.807) is 17.4 Å². The van der Waals surface area contributed by atoms with E-state index in [-0.39, 0.29) is 5.91 Å². The van der Waals surface area contributed by atoms with Crippen LogP contribution in [0.15, 0.2) is 70.7 Å². The lowest BCUT2D eigenvalue weighted by Crippen LogP contribution is -2.31. The maximum Gasteiger partial charge on any atom is 0.237 e. The van der Waals surface area contributed by atoms with Crippen LogP contribution in [0.5, 0.6) is 0 Å². The number of para-hydroxylation sites is 1. The van der Waals surface area contributed by atoms with Gasteiger partial charge in [0.05, 0.1) is 18.6 Å². The Labute approximate surface area is 138 Å². The van der Waals surface area contributed by atoms with Crippen LogP contribution >= 0.6 is 11.8 Å². The molecule has 23 heavy (non-hydrogen) atoms. The first-order valence-corrected chi connectivity index (χ1v) is 8.20. The highest BCUT2D eigenvalue weighted by molar-refractivity contribution is 7.99. The molecule has 0 bridgehead atoms. The topological polar surface area (TPSA) is 51.3 Å². The summed E-state index contributed by atoms with van der Waals surface area (Å²) in [5.41, 5.74) is 0.856. The van der Waals surface area contributed by atoms with Gasteiger partial charge in [0.15, 0.2) is 5.16 Å². The van der Waals surface area contributed by atoms with E-state index in [0.717, 1.165) is 16.6 Å². The van der Waals surface area contributed by atoms with Gasteiger partial charge in [-0.25, -0.2) is 4.98 Å². The third kappa shape index (κ3) is 3.84. The molecule has 118 valence electrons. The van der Waals surface area contributed by atoms with E-state index in [4.69, 9.17) is 4.42 Å². The molecule has 0 fully saturated rings. The van der Waals surface area contributed by atoms with Crippen molar-refractivity contribution >= 4 is 23.4 Å². The maximum absolute atomic E-state index is 12.7. The average molecular weight is 327 g/mol. The van der Waals surface area contributed by atoms with Crippen molar-refractivity contribution in [1.82, 2.24) is 9.55 Å². The molecule has 0 radical (unpaired) electrons. The molecule has 0 aliphatic carbocycles. The van der Waals surface area contributed by atoms with Gasteiger partial charge in [0.25, 0.3) is 0 Å². The predicted molar refractivity (Wildman–Crippen MR) is 90.3 cm³/mol. The minimum atomic E-state index is 0.0144. The molecular formula is C17H17N3O2S. The molecule has 6 heteroatoms. The quantitative estimate of drug-likeness (QED) is 0.652. The fourth-order valence-corrected chi connectivity index (χ4v) is 2.99. The Morgan fingerprint density at radius 2 is 2.09 bits per heavy atom. The van der Waals surface area contributed by atoms with Crippen LogP contribution in [0.1, 0.15) is 5.76 Å². The van der Waals surface area contributed by atoms with Gasteiger partial charge in [-0.1, -0.05) is 30.0 Å². The standard InChI is InChI=1S/C17H17N3O2S/c1-19-10-9-18-17(19)23-13-16(21)20(12-15-8-5-11-22-15)14-6-3-2-4-7-14/h2-11H,12-13H2,1H3. The lowest BCUT2D eigenvalue weighted by molar-refractivity contribution is -0.116. The summed E-state index contributed by atoms with van der Waals surface area (Å²) in [6.07, 6.45) is 5.21. The predicted octanol–water partition coefficient (Wildman–Crippen LogP) is 3.34. The van der Waals surface area contributed by atoms with Crippen molar-refractivity contribution in [1.29, 1.82) is 0 Å². The first-order chi connectivity index (χ1) is 11.2. The molecule has 0 spiro atoms. The molecule has 0 unspecified atom stereocenters. The summed E-state index contributed by atoms with van der Waals surface area (Å²) in [7, 11) is 1.91. The summed E-state index contributed by atoms with van der Waals surface area (Å²) < 4.78 is 7.29. The Kier molecular flexibility index (Phi) is 4.83. The van der Waals surface area contributed by atoms with Crippen LogP contribution in [0.4, 0.5) is 5.69 Å². The second kappa shape index (κ2) is 7.19. The molecule has 0 atom stereocenters. The number of anilines is 1. The largest absolute Gasteiger partial charge is 0.467 e. The van der Waals surface area contributed by atoms with Crippen LogP contribution in [-0.4, -0.2) is 21.2 Å². The number of hydrogen-bond acceptors (Lipinski definition) is 4. The number of benzene rings is 1. The zero-order valence-electron chi connectivity index (χ0n) is 12.8. The van der Waals surface area contributed by atoms with Gasteiger partial charge < -0.3 is 13.9 Å². The molecule has 0 saturated heterocycles. The summed E-state index contributed by atoms with van der Waals surface area (Å²) in [5.74, 6) is 1.09. The van der Waals surface area contributed by atoms with Crippen LogP contribution in [0, 0.1) is 0 Å². The molecule has 1 aromatic carbocycles. The van der Waals surface area contributed by atoms with E-state index in [1.165, 1.54) is 11.8 Å². The Balaban J connectivity index is 1.74. The van der Waals surface area contributed by atoms with Crippen molar-refractivity contribution in [2.75, 3.05) is 10.7 Å². The number of rotatable bonds is 6. The van der Waals surface area contributed by atoms with Crippen molar-refractivity contribution in [3.05, 3.63) is 66.9 Å². The van der Waals surface area contributed by atoms with Gasteiger partial charge in [-0.3, -0.25) is 4.79 Å². The van der Waals surface area contributed by atoms with Gasteiger partial charge in [0.1, 0.15) is 5.76 Å². The zero-order valence-corrected chi connectivity index (χ0v) is 13.6. The van der Waals surface area contributed by atoms with E-state index in [9.17, 15) is 4.79 Å². The molecule has 2 heterocycles. The first kappa shape index (κ1) is 15.4. The van der Waals surface area contributed by atoms with Gasteiger partial charge in [-0.2, -0.15) is 0 Å². The second-order valence-corrected chi connectivity index (χ2v) is 5.95. The number of amides is 1. The van der Waals surface area contributed by atoms with Crippen molar-refractivity contribution in [2.24, 2.45) is 7.05 Å². The van der Waals surface area contributed by atoms with Crippen molar-refractivity contribution < 1.29 is 9.21 Å². The van der Waals surface area contributed by atoms with Gasteiger partial charge in [0.2, 0.25) is 5.91 Å². The number of furan rings is 1. The minimum absolute atomic E-state index is 0.0144. The third-order valence-electron chi connectivity index (χ3n) is 3.36. The SMILES string of the molecule is Cn1ccnc1SCC(=O)N(Cc1ccco1)c1ccccc1. The number of aromatic nitrogens is 2. The Hall–Kier alpha value is -2.47. The van der Waals surface area contributed by atoms with E-state index in [2.05, 4.69) is 4.98 Å². The number of thioether (sulfide) groups is 1. The second-order valence-electron chi connectivity index (χ2n) is 5.00. The average Bonchev–Trinajstić information content (AvgIpc) is 3.23. The molecule has 0 aliphatic rings. The molecule has 0 N–H and O–H groups in total. The van der Waals surface area contributed by atoms with Crippen LogP contribution in [0.25, 0.3) is 0 Å². The summed E-state index contributed by atoms with van der Waals surface area (Å²) in [5, 5.41) is 0.823. The molecule has 0 aliphatic heterocycles. The number of nitrogens with zero attached hydrogens (tertiary/aromatic N) is 3. The highest BCUT2D eigenvalue weighted by Crippen LogP contribution is 2.21. The number of hydrogen-bond donors (Lipinski definition) is 0. The highest BCUT2D eigenvalue weighted by atomic mass is 32.2. The van der Waals surface area contributed by atoms with Crippen LogP contribution in [-0.2, 0) is 18.4 Å². The van der Waals surface area contributed by atoms with Crippen LogP contribution in [0.2, 0.25) is 0 Å². The molecule has 3 rings (SSSR count). The monoisotopic (exact) mass is 327 g/mol. The van der Waals surface area contributed by atoms with Gasteiger partial charge in [-0.05, 0) is 24.3 Å². The molecule has 5 nitrogen and oxygen atoms in total. The lowest BCUT2D eigenvalue weighted by atomic mass is 10.2. The molecule has 0 saturated carbocycles. The van der Waals surface area contributed by atoms with E-state index < -0.39 is 0 Å². The smallest absolute Gasteiger partial charge is 0.237 e. The Bertz CT molecular complexity index is 753. The van der Waals surface area contributed by atoms with E-state index in [1.807, 2.05) is 60.3 Å². The number of carbonyl (C=O) groups excluding carboxylic acids is 1. The number of carbonyl (C=O) groups is 1. The maximum atomic E-state index is 12.7. The van der Waals surface area contributed by atoms with E-state index in [0.29, 0.717) is 12.3 Å². The third-order valence-corrected chi connectivity index (χ3v) is 4.41. The van der Waals surface area contributed by atoms with Gasteiger partial charge in [0, 0.05) is 25.1 Å². The van der Waals surface area contributed by atoms with Gasteiger partial charge >= 0.3 is 0 Å². The normalized spacial score (nSPS) is 10.7. The van der Waals surface area contributed by atoms with Crippen molar-refractivity contribution in [3.63, 3.8) is 0 Å². The lowest BCUT2D eigenvalue weighted by Gasteiger charge is -2.21. The molecular weight excluding hydrogens is 310 g/mol. The van der Waals surface area contributed by atoms with Crippen LogP contribution in [0.3, 0.4) is 0 Å². The van der Waals surface area contributed by atoms with Crippen molar-refractivity contribution in [2.45, 2.75) is 11.7 Å². The Morgan fingerprint density at radius 3 is 2.74 bits per heavy atom. The van der Waals surface area contributed by atoms with Crippen molar-refractivity contribution in [3.8, 4) is 0 Å². The summed E-state index contributed by atoms with van der Waals surface area (Å²) >= 11 is 1.43. The first-order valence-electron chi connectivity index (χ1n) is 7.22. The highest BCUT2D eigenvalue weighted by Gasteiger charge is 2.18. The fraction of sp³-hybridized carbons (Fsp3) is 0.176. The number of aryl methyl sites for hydroxylation is 1. The van der Waals surface area contributed by atoms with Crippen LogP contribution < -0.4 is 4.90 Å². The molecule has 2 aromatic heterocycles. The zero-order chi connectivity index (χ0) is 16.1.